The second kappa shape index (κ2) is 7.69. The van der Waals surface area contributed by atoms with E-state index >= 15 is 0 Å². The molecule has 1 aliphatic heterocycles. The number of barbiturate groups is 1. The van der Waals surface area contributed by atoms with Crippen LogP contribution in [0.5, 0.6) is 5.75 Å². The van der Waals surface area contributed by atoms with Crippen LogP contribution in [0.2, 0.25) is 0 Å². The van der Waals surface area contributed by atoms with Gasteiger partial charge in [-0.1, -0.05) is 24.3 Å². The Morgan fingerprint density at radius 1 is 1.12 bits per heavy atom. The normalized spacial score (nSPS) is 16.0. The van der Waals surface area contributed by atoms with E-state index in [0.717, 1.165) is 14.0 Å². The topological polar surface area (TPSA) is 75.7 Å². The molecule has 7 heteroatoms. The first kappa shape index (κ1) is 18.1. The molecule has 6 nitrogen and oxygen atoms in total. The van der Waals surface area contributed by atoms with Crippen molar-refractivity contribution >= 4 is 52.2 Å². The summed E-state index contributed by atoms with van der Waals surface area (Å²) in [5.74, 6) is -0.852. The molecule has 1 aliphatic rings. The Kier molecular flexibility index (Phi) is 5.36. The van der Waals surface area contributed by atoms with Crippen LogP contribution < -0.4 is 15.0 Å². The second-order valence-electron chi connectivity index (χ2n) is 5.41. The fraction of sp³-hybridized carbons (Fsp3) is 0.105. The van der Waals surface area contributed by atoms with Gasteiger partial charge in [0.15, 0.2) is 0 Å². The largest absolute Gasteiger partial charge is 0.494 e. The summed E-state index contributed by atoms with van der Waals surface area (Å²) < 4.78 is 6.30. The fourth-order valence-electron chi connectivity index (χ4n) is 2.52. The van der Waals surface area contributed by atoms with Crippen molar-refractivity contribution in [3.05, 3.63) is 63.2 Å². The van der Waals surface area contributed by atoms with Crippen molar-refractivity contribution in [2.45, 2.75) is 6.92 Å². The number of imide groups is 2. The second-order valence-corrected chi connectivity index (χ2v) is 6.57. The molecule has 0 aromatic heterocycles. The lowest BCUT2D eigenvalue weighted by atomic mass is 10.1. The number of hydrogen-bond donors (Lipinski definition) is 1. The van der Waals surface area contributed by atoms with Crippen LogP contribution in [0.1, 0.15) is 12.5 Å². The molecule has 4 amide bonds. The highest BCUT2D eigenvalue weighted by Gasteiger charge is 2.37. The van der Waals surface area contributed by atoms with Crippen molar-refractivity contribution in [2.24, 2.45) is 0 Å². The van der Waals surface area contributed by atoms with Crippen molar-refractivity contribution in [3.63, 3.8) is 0 Å². The van der Waals surface area contributed by atoms with E-state index in [4.69, 9.17) is 4.74 Å². The monoisotopic (exact) mass is 462 g/mol. The van der Waals surface area contributed by atoms with Gasteiger partial charge in [-0.05, 0) is 59.4 Å². The third-order valence-corrected chi connectivity index (χ3v) is 4.68. The highest BCUT2D eigenvalue weighted by molar-refractivity contribution is 14.1. The number of anilines is 1. The Labute approximate surface area is 164 Å². The molecule has 3 rings (SSSR count). The van der Waals surface area contributed by atoms with Crippen LogP contribution in [0, 0.1) is 3.57 Å². The number of hydrogen-bond acceptors (Lipinski definition) is 4. The number of halogens is 1. The van der Waals surface area contributed by atoms with Gasteiger partial charge in [-0.15, -0.1) is 0 Å². The number of nitrogens with zero attached hydrogens (tertiary/aromatic N) is 1. The van der Waals surface area contributed by atoms with E-state index in [2.05, 4.69) is 27.9 Å². The molecule has 0 aliphatic carbocycles. The number of carbonyl (C=O) groups is 3. The van der Waals surface area contributed by atoms with E-state index in [9.17, 15) is 14.4 Å². The molecule has 2 aromatic rings. The summed E-state index contributed by atoms with van der Waals surface area (Å²) in [5, 5.41) is 2.22. The van der Waals surface area contributed by atoms with Gasteiger partial charge in [0.1, 0.15) is 11.3 Å². The average Bonchev–Trinajstić information content (AvgIpc) is 2.60. The van der Waals surface area contributed by atoms with Crippen LogP contribution in [-0.4, -0.2) is 24.5 Å². The summed E-state index contributed by atoms with van der Waals surface area (Å²) in [7, 11) is 0. The van der Waals surface area contributed by atoms with Gasteiger partial charge in [-0.2, -0.15) is 0 Å². The first-order valence-corrected chi connectivity index (χ1v) is 8.98. The van der Waals surface area contributed by atoms with Crippen LogP contribution in [0.25, 0.3) is 6.08 Å². The molecule has 1 saturated heterocycles. The third-order valence-electron chi connectivity index (χ3n) is 3.69. The molecule has 0 atom stereocenters. The van der Waals surface area contributed by atoms with Crippen LogP contribution in [0.4, 0.5) is 10.5 Å². The molecule has 2 aromatic carbocycles. The van der Waals surface area contributed by atoms with E-state index in [1.54, 1.807) is 30.3 Å². The lowest BCUT2D eigenvalue weighted by Crippen LogP contribution is -2.54. The third kappa shape index (κ3) is 3.62. The maximum absolute atomic E-state index is 12.9. The average molecular weight is 462 g/mol. The van der Waals surface area contributed by atoms with Crippen LogP contribution in [0.15, 0.2) is 54.1 Å². The highest BCUT2D eigenvalue weighted by Crippen LogP contribution is 2.26. The summed E-state index contributed by atoms with van der Waals surface area (Å²) in [6.45, 7) is 2.30. The van der Waals surface area contributed by atoms with E-state index in [-0.39, 0.29) is 5.57 Å². The number of nitrogens with one attached hydrogen (secondary N) is 1. The minimum Gasteiger partial charge on any atom is -0.494 e. The van der Waals surface area contributed by atoms with E-state index in [0.29, 0.717) is 18.0 Å². The number of rotatable bonds is 4. The van der Waals surface area contributed by atoms with Gasteiger partial charge in [0, 0.05) is 9.64 Å². The van der Waals surface area contributed by atoms with Crippen molar-refractivity contribution in [3.8, 4) is 5.75 Å². The number of urea groups is 1. The van der Waals surface area contributed by atoms with Gasteiger partial charge < -0.3 is 4.74 Å². The minimum atomic E-state index is -0.784. The first-order valence-electron chi connectivity index (χ1n) is 7.90. The SMILES string of the molecule is CCOc1cccc(N2C(=O)NC(=O)/C(=C\c3ccccc3I)C2=O)c1. The van der Waals surface area contributed by atoms with Crippen molar-refractivity contribution in [1.82, 2.24) is 5.32 Å². The van der Waals surface area contributed by atoms with Gasteiger partial charge in [-0.25, -0.2) is 9.69 Å². The molecule has 1 fully saturated rings. The molecule has 0 radical (unpaired) electrons. The van der Waals surface area contributed by atoms with Gasteiger partial charge in [0.2, 0.25) is 0 Å². The smallest absolute Gasteiger partial charge is 0.335 e. The number of carbonyl (C=O) groups excluding carboxylic acids is 3. The molecule has 0 spiro atoms. The predicted octanol–water partition coefficient (Wildman–Crippen LogP) is 3.36. The summed E-state index contributed by atoms with van der Waals surface area (Å²) in [6, 6.07) is 13.2. The van der Waals surface area contributed by atoms with Crippen molar-refractivity contribution in [1.29, 1.82) is 0 Å². The highest BCUT2D eigenvalue weighted by atomic mass is 127. The summed E-state index contributed by atoms with van der Waals surface area (Å²) in [6.07, 6.45) is 1.49. The number of benzene rings is 2. The standard InChI is InChI=1S/C19H15IN2O4/c1-2-26-14-8-5-7-13(11-14)22-18(24)15(17(23)21-19(22)25)10-12-6-3-4-9-16(12)20/h3-11H,2H2,1H3,(H,21,23,25)/b15-10+. The zero-order valence-corrected chi connectivity index (χ0v) is 16.0. The van der Waals surface area contributed by atoms with E-state index in [1.807, 2.05) is 25.1 Å². The molecular formula is C19H15IN2O4. The van der Waals surface area contributed by atoms with Crippen LogP contribution >= 0.6 is 22.6 Å². The molecule has 0 bridgehead atoms. The lowest BCUT2D eigenvalue weighted by molar-refractivity contribution is -0.122. The zero-order valence-electron chi connectivity index (χ0n) is 13.9. The molecule has 0 unspecified atom stereocenters. The molecule has 26 heavy (non-hydrogen) atoms. The maximum Gasteiger partial charge on any atom is 0.335 e. The first-order chi connectivity index (χ1) is 12.5. The lowest BCUT2D eigenvalue weighted by Gasteiger charge is -2.26. The summed E-state index contributed by atoms with van der Waals surface area (Å²) >= 11 is 2.12. The maximum atomic E-state index is 12.9. The molecule has 1 N–H and O–H groups in total. The van der Waals surface area contributed by atoms with Gasteiger partial charge in [-0.3, -0.25) is 14.9 Å². The quantitative estimate of drug-likeness (QED) is 0.430. The Balaban J connectivity index is 2.01. The Hall–Kier alpha value is -2.68. The molecular weight excluding hydrogens is 447 g/mol. The molecule has 132 valence electrons. The van der Waals surface area contributed by atoms with Crippen molar-refractivity contribution < 1.29 is 19.1 Å². The zero-order chi connectivity index (χ0) is 18.7. The van der Waals surface area contributed by atoms with Crippen molar-refractivity contribution in [2.75, 3.05) is 11.5 Å². The van der Waals surface area contributed by atoms with Crippen LogP contribution in [-0.2, 0) is 9.59 Å². The Morgan fingerprint density at radius 3 is 2.62 bits per heavy atom. The fourth-order valence-corrected chi connectivity index (χ4v) is 3.06. The predicted molar refractivity (Wildman–Crippen MR) is 106 cm³/mol. The summed E-state index contributed by atoms with van der Waals surface area (Å²) in [5.41, 5.74) is 0.958. The van der Waals surface area contributed by atoms with E-state index in [1.165, 1.54) is 6.08 Å². The van der Waals surface area contributed by atoms with E-state index < -0.39 is 17.8 Å². The number of amides is 4. The minimum absolute atomic E-state index is 0.101. The summed E-state index contributed by atoms with van der Waals surface area (Å²) in [4.78, 5) is 38.3. The van der Waals surface area contributed by atoms with Gasteiger partial charge in [0.25, 0.3) is 11.8 Å². The van der Waals surface area contributed by atoms with Gasteiger partial charge in [0.05, 0.1) is 12.3 Å². The van der Waals surface area contributed by atoms with Crippen LogP contribution in [0.3, 0.4) is 0 Å². The number of ether oxygens (including phenoxy) is 1. The molecule has 1 heterocycles. The van der Waals surface area contributed by atoms with Gasteiger partial charge >= 0.3 is 6.03 Å². The molecule has 0 saturated carbocycles. The Bertz CT molecular complexity index is 923. The Morgan fingerprint density at radius 2 is 1.88 bits per heavy atom.